The average molecular weight is 254 g/mol. The number of nitrogens with zero attached hydrogens (tertiary/aromatic N) is 1. The van der Waals surface area contributed by atoms with Crippen molar-refractivity contribution in [1.29, 1.82) is 0 Å². The molecule has 1 aliphatic carbocycles. The monoisotopic (exact) mass is 254 g/mol. The van der Waals surface area contributed by atoms with Gasteiger partial charge < -0.3 is 5.73 Å². The second-order valence-corrected chi connectivity index (χ2v) is 6.01. The first-order chi connectivity index (χ1) is 9.24. The first-order valence-electron chi connectivity index (χ1n) is 7.34. The molecule has 2 aromatic rings. The van der Waals surface area contributed by atoms with Crippen LogP contribution in [-0.2, 0) is 0 Å². The third kappa shape index (κ3) is 2.64. The summed E-state index contributed by atoms with van der Waals surface area (Å²) in [4.78, 5) is 4.43. The first-order valence-corrected chi connectivity index (χ1v) is 7.34. The van der Waals surface area contributed by atoms with Crippen molar-refractivity contribution in [3.63, 3.8) is 0 Å². The van der Waals surface area contributed by atoms with Crippen molar-refractivity contribution in [2.45, 2.75) is 38.6 Å². The van der Waals surface area contributed by atoms with Gasteiger partial charge in [-0.05, 0) is 42.4 Å². The Morgan fingerprint density at radius 1 is 1.26 bits per heavy atom. The van der Waals surface area contributed by atoms with Crippen molar-refractivity contribution in [2.24, 2.45) is 17.6 Å². The minimum Gasteiger partial charge on any atom is -0.324 e. The Bertz CT molecular complexity index is 564. The van der Waals surface area contributed by atoms with E-state index in [1.54, 1.807) is 0 Å². The number of hydrogen-bond acceptors (Lipinski definition) is 2. The number of nitrogens with two attached hydrogens (primary N) is 1. The Kier molecular flexibility index (Phi) is 3.52. The molecule has 2 N–H and O–H groups in total. The van der Waals surface area contributed by atoms with Gasteiger partial charge in [-0.1, -0.05) is 38.0 Å². The summed E-state index contributed by atoms with van der Waals surface area (Å²) in [5, 5.41) is 1.19. The molecule has 1 aromatic heterocycles. The molecular formula is C17H22N2. The van der Waals surface area contributed by atoms with Crippen LogP contribution in [0.15, 0.2) is 36.5 Å². The summed E-state index contributed by atoms with van der Waals surface area (Å²) < 4.78 is 0. The van der Waals surface area contributed by atoms with Crippen molar-refractivity contribution in [3.8, 4) is 0 Å². The van der Waals surface area contributed by atoms with Crippen LogP contribution in [0.1, 0.15) is 44.2 Å². The highest BCUT2D eigenvalue weighted by Crippen LogP contribution is 2.36. The number of fused-ring (bicyclic) bond motifs is 1. The van der Waals surface area contributed by atoms with Gasteiger partial charge in [0.2, 0.25) is 0 Å². The van der Waals surface area contributed by atoms with Crippen molar-refractivity contribution in [2.75, 3.05) is 0 Å². The third-order valence-corrected chi connectivity index (χ3v) is 4.50. The lowest BCUT2D eigenvalue weighted by molar-refractivity contribution is 0.248. The lowest BCUT2D eigenvalue weighted by Gasteiger charge is -2.31. The highest BCUT2D eigenvalue weighted by atomic mass is 14.7. The predicted molar refractivity (Wildman–Crippen MR) is 79.8 cm³/mol. The lowest BCUT2D eigenvalue weighted by atomic mass is 9.77. The summed E-state index contributed by atoms with van der Waals surface area (Å²) in [6.07, 6.45) is 7.07. The second kappa shape index (κ2) is 5.30. The topological polar surface area (TPSA) is 38.9 Å². The molecule has 19 heavy (non-hydrogen) atoms. The molecule has 3 unspecified atom stereocenters. The molecule has 3 rings (SSSR count). The minimum atomic E-state index is 0.161. The maximum absolute atomic E-state index is 6.50. The second-order valence-electron chi connectivity index (χ2n) is 6.01. The minimum absolute atomic E-state index is 0.161. The fourth-order valence-electron chi connectivity index (χ4n) is 3.37. The van der Waals surface area contributed by atoms with Gasteiger partial charge in [0, 0.05) is 17.6 Å². The molecule has 0 radical (unpaired) electrons. The van der Waals surface area contributed by atoms with E-state index in [-0.39, 0.29) is 6.04 Å². The van der Waals surface area contributed by atoms with E-state index in [0.717, 1.165) is 11.4 Å². The van der Waals surface area contributed by atoms with Crippen LogP contribution in [0.4, 0.5) is 0 Å². The summed E-state index contributed by atoms with van der Waals surface area (Å²) in [6, 6.07) is 10.7. The molecule has 0 bridgehead atoms. The van der Waals surface area contributed by atoms with Gasteiger partial charge in [0.15, 0.2) is 0 Å². The molecule has 1 aromatic carbocycles. The fourth-order valence-corrected chi connectivity index (χ4v) is 3.37. The van der Waals surface area contributed by atoms with Gasteiger partial charge in [-0.15, -0.1) is 0 Å². The van der Waals surface area contributed by atoms with Gasteiger partial charge in [-0.25, -0.2) is 0 Å². The molecule has 0 saturated heterocycles. The molecular weight excluding hydrogens is 232 g/mol. The van der Waals surface area contributed by atoms with Crippen LogP contribution in [0.25, 0.3) is 10.9 Å². The van der Waals surface area contributed by atoms with Crippen LogP contribution in [0, 0.1) is 11.8 Å². The largest absolute Gasteiger partial charge is 0.324 e. The van der Waals surface area contributed by atoms with Crippen LogP contribution in [0.5, 0.6) is 0 Å². The number of aromatic nitrogens is 1. The molecule has 2 heteroatoms. The Morgan fingerprint density at radius 2 is 2.16 bits per heavy atom. The molecule has 1 saturated carbocycles. The van der Waals surface area contributed by atoms with E-state index < -0.39 is 0 Å². The SMILES string of the molecule is CC1CCCC(C(N)c2ccc3cccnc3c2)C1. The van der Waals surface area contributed by atoms with Gasteiger partial charge >= 0.3 is 0 Å². The van der Waals surface area contributed by atoms with E-state index in [1.807, 2.05) is 12.3 Å². The first kappa shape index (κ1) is 12.6. The van der Waals surface area contributed by atoms with Crippen molar-refractivity contribution in [1.82, 2.24) is 4.98 Å². The molecule has 3 atom stereocenters. The summed E-state index contributed by atoms with van der Waals surface area (Å²) in [7, 11) is 0. The van der Waals surface area contributed by atoms with E-state index in [0.29, 0.717) is 5.92 Å². The maximum Gasteiger partial charge on any atom is 0.0705 e. The fraction of sp³-hybridized carbons (Fsp3) is 0.471. The van der Waals surface area contributed by atoms with Crippen LogP contribution >= 0.6 is 0 Å². The molecule has 1 fully saturated rings. The molecule has 1 heterocycles. The number of hydrogen-bond donors (Lipinski definition) is 1. The molecule has 0 spiro atoms. The van der Waals surface area contributed by atoms with E-state index in [9.17, 15) is 0 Å². The van der Waals surface area contributed by atoms with Crippen molar-refractivity contribution in [3.05, 3.63) is 42.1 Å². The molecule has 2 nitrogen and oxygen atoms in total. The van der Waals surface area contributed by atoms with E-state index >= 15 is 0 Å². The van der Waals surface area contributed by atoms with E-state index in [1.165, 1.54) is 36.6 Å². The van der Waals surface area contributed by atoms with Gasteiger partial charge in [0.05, 0.1) is 5.52 Å². The third-order valence-electron chi connectivity index (χ3n) is 4.50. The predicted octanol–water partition coefficient (Wildman–Crippen LogP) is 4.06. The Morgan fingerprint density at radius 3 is 3.00 bits per heavy atom. The smallest absolute Gasteiger partial charge is 0.0705 e. The van der Waals surface area contributed by atoms with Crippen LogP contribution in [-0.4, -0.2) is 4.98 Å². The normalized spacial score (nSPS) is 25.4. The average Bonchev–Trinajstić information content (AvgIpc) is 2.46. The summed E-state index contributed by atoms with van der Waals surface area (Å²) >= 11 is 0. The summed E-state index contributed by atoms with van der Waals surface area (Å²) in [5.41, 5.74) is 8.79. The Balaban J connectivity index is 1.86. The van der Waals surface area contributed by atoms with Gasteiger partial charge in [-0.3, -0.25) is 4.98 Å². The zero-order chi connectivity index (χ0) is 13.2. The van der Waals surface area contributed by atoms with Crippen LogP contribution in [0.2, 0.25) is 0 Å². The maximum atomic E-state index is 6.50. The van der Waals surface area contributed by atoms with E-state index in [2.05, 4.69) is 36.2 Å². The summed E-state index contributed by atoms with van der Waals surface area (Å²) in [5.74, 6) is 1.45. The number of benzene rings is 1. The Labute approximate surface area is 115 Å². The standard InChI is InChI=1S/C17H22N2/c1-12-4-2-5-14(10-12)17(18)15-8-7-13-6-3-9-19-16(13)11-15/h3,6-9,11-12,14,17H,2,4-5,10,18H2,1H3. The lowest BCUT2D eigenvalue weighted by Crippen LogP contribution is -2.26. The quantitative estimate of drug-likeness (QED) is 0.877. The number of rotatable bonds is 2. The number of pyridine rings is 1. The highest BCUT2D eigenvalue weighted by Gasteiger charge is 2.25. The van der Waals surface area contributed by atoms with Gasteiger partial charge in [0.25, 0.3) is 0 Å². The van der Waals surface area contributed by atoms with Crippen LogP contribution in [0.3, 0.4) is 0 Å². The zero-order valence-electron chi connectivity index (χ0n) is 11.5. The highest BCUT2D eigenvalue weighted by molar-refractivity contribution is 5.78. The molecule has 100 valence electrons. The summed E-state index contributed by atoms with van der Waals surface area (Å²) in [6.45, 7) is 2.35. The molecule has 0 aliphatic heterocycles. The van der Waals surface area contributed by atoms with Crippen molar-refractivity contribution < 1.29 is 0 Å². The molecule has 1 aliphatic rings. The Hall–Kier alpha value is -1.41. The van der Waals surface area contributed by atoms with Crippen LogP contribution < -0.4 is 5.73 Å². The zero-order valence-corrected chi connectivity index (χ0v) is 11.5. The van der Waals surface area contributed by atoms with E-state index in [4.69, 9.17) is 5.73 Å². The van der Waals surface area contributed by atoms with Gasteiger partial charge in [-0.2, -0.15) is 0 Å². The molecule has 0 amide bonds. The van der Waals surface area contributed by atoms with Crippen molar-refractivity contribution >= 4 is 10.9 Å². The van der Waals surface area contributed by atoms with Gasteiger partial charge in [0.1, 0.15) is 0 Å².